The fourth-order valence-electron chi connectivity index (χ4n) is 0. The van der Waals surface area contributed by atoms with Crippen LogP contribution in [0, 0.1) is 0 Å². The second-order valence-electron chi connectivity index (χ2n) is 0. The van der Waals surface area contributed by atoms with Gasteiger partial charge in [-0.25, -0.2) is 0 Å². The zero-order valence-corrected chi connectivity index (χ0v) is 7.00. The quantitative estimate of drug-likeness (QED) is 0.301. The molecular weight excluding hydrogens is 119 g/mol. The van der Waals surface area contributed by atoms with Gasteiger partial charge in [-0.2, -0.15) is 0 Å². The van der Waals surface area contributed by atoms with Crippen LogP contribution in [-0.4, -0.2) is 0 Å². The van der Waals surface area contributed by atoms with E-state index in [0.29, 0.717) is 0 Å². The largest absolute Gasteiger partial charge is 4.00 e. The van der Waals surface area contributed by atoms with Gasteiger partial charge in [0.05, 0.1) is 0 Å². The second-order valence-corrected chi connectivity index (χ2v) is 0. The molecule has 0 amide bonds. The van der Waals surface area contributed by atoms with Gasteiger partial charge in [-0.15, -0.1) is 0 Å². The van der Waals surface area contributed by atoms with Crippen LogP contribution in [0.25, 0.3) is 0 Å². The maximum absolute atomic E-state index is 0. The Kier molecular flexibility index (Phi) is 157. The molecule has 0 radical (unpaired) electrons. The fraction of sp³-hybridized carbons (Fsp3) is 0. The first-order valence-corrected chi connectivity index (χ1v) is 0. The van der Waals surface area contributed by atoms with E-state index in [4.69, 9.17) is 0 Å². The average Bonchev–Trinajstić information content (AvgIpc) is 0. The van der Waals surface area contributed by atoms with Crippen molar-refractivity contribution in [3.8, 4) is 0 Å². The van der Waals surface area contributed by atoms with Crippen molar-refractivity contribution >= 4 is 0 Å². The smallest absolute Gasteiger partial charge is 2.00 e. The van der Waals surface area contributed by atoms with Crippen molar-refractivity contribution in [1.82, 2.24) is 0 Å². The Bertz CT molecular complexity index is 6.00. The van der Waals surface area contributed by atoms with E-state index in [2.05, 4.69) is 0 Å². The summed E-state index contributed by atoms with van der Waals surface area (Å²) in [6.07, 6.45) is 0. The molecule has 0 heterocycles. The van der Waals surface area contributed by atoms with Crippen molar-refractivity contribution < 1.29 is 84.1 Å². The minimum Gasteiger partial charge on any atom is -2.00 e. The van der Waals surface area contributed by atoms with Gasteiger partial charge in [0.25, 0.3) is 0 Å². The Hall–Kier alpha value is 2.27. The van der Waals surface area contributed by atoms with Crippen molar-refractivity contribution in [3.05, 3.63) is 0 Å². The van der Waals surface area contributed by atoms with Gasteiger partial charge in [0.1, 0.15) is 0 Å². The molecule has 0 rings (SSSR count). The monoisotopic (exact) mass is 119 g/mol. The molecule has 0 saturated heterocycles. The van der Waals surface area contributed by atoms with Gasteiger partial charge in [-0.1, -0.05) is 0 Å². The first-order chi connectivity index (χ1) is 0. The van der Waals surface area contributed by atoms with Crippen LogP contribution in [0.1, 0.15) is 0 Å². The summed E-state index contributed by atoms with van der Waals surface area (Å²) in [5, 5.41) is 0. The molecule has 2 nitrogen and oxygen atoms in total. The third-order valence-corrected chi connectivity index (χ3v) is 0. The van der Waals surface area contributed by atoms with E-state index in [-0.39, 0.29) is 84.1 Å². The van der Waals surface area contributed by atoms with Crippen LogP contribution in [0.3, 0.4) is 0 Å². The minimum absolute atomic E-state index is 0. The Morgan fingerprint density at radius 2 is 0.750 bits per heavy atom. The Labute approximate surface area is 82.3 Å². The van der Waals surface area contributed by atoms with E-state index in [1.54, 1.807) is 0 Å². The summed E-state index contributed by atoms with van der Waals surface area (Å²) in [5.41, 5.74) is 0. The third-order valence-electron chi connectivity index (χ3n) is 0. The fourth-order valence-corrected chi connectivity index (χ4v) is 0. The van der Waals surface area contributed by atoms with Crippen LogP contribution in [0.4, 0.5) is 0 Å². The molecule has 0 atom stereocenters. The van der Waals surface area contributed by atoms with Crippen LogP contribution in [0.5, 0.6) is 0 Å². The number of rotatable bonds is 0. The van der Waals surface area contributed by atoms with Crippen molar-refractivity contribution in [3.63, 3.8) is 0 Å². The maximum Gasteiger partial charge on any atom is 4.00 e. The summed E-state index contributed by atoms with van der Waals surface area (Å²) in [6.45, 7) is 0. The molecule has 0 aliphatic carbocycles. The van der Waals surface area contributed by atoms with Crippen molar-refractivity contribution in [2.24, 2.45) is 0 Å². The molecule has 0 aromatic rings. The van der Waals surface area contributed by atoms with Crippen LogP contribution < -0.4 is 51.4 Å². The summed E-state index contributed by atoms with van der Waals surface area (Å²) in [7, 11) is 0. The summed E-state index contributed by atoms with van der Waals surface area (Å²) >= 11 is 0. The van der Waals surface area contributed by atoms with Gasteiger partial charge < -0.3 is 11.0 Å². The van der Waals surface area contributed by atoms with E-state index >= 15 is 0 Å². The van der Waals surface area contributed by atoms with Gasteiger partial charge in [0.2, 0.25) is 0 Å². The summed E-state index contributed by atoms with van der Waals surface area (Å²) < 4.78 is 0. The SMILES string of the molecule is [K+].[O-2].[O-2].[Ti+4]. The summed E-state index contributed by atoms with van der Waals surface area (Å²) in [6, 6.07) is 0. The maximum atomic E-state index is 0. The molecule has 0 aromatic heterocycles. The molecule has 0 spiro atoms. The van der Waals surface area contributed by atoms with Crippen LogP contribution in [0.15, 0.2) is 0 Å². The van der Waals surface area contributed by atoms with Crippen LogP contribution in [-0.2, 0) is 32.7 Å². The molecule has 0 aliphatic heterocycles. The first kappa shape index (κ1) is 33.8. The third kappa shape index (κ3) is 8.86. The van der Waals surface area contributed by atoms with E-state index in [1.807, 2.05) is 0 Å². The predicted molar refractivity (Wildman–Crippen MR) is 1.37 cm³/mol. The molecule has 0 fully saturated rings. The molecule has 0 bridgehead atoms. The Morgan fingerprint density at radius 1 is 0.750 bits per heavy atom. The standard InChI is InChI=1S/K.2O.Ti/q+1;2*-2;+4. The molecule has 0 N–H and O–H groups in total. The normalized spacial score (nSPS) is 0. The molecule has 0 saturated carbocycles. The predicted octanol–water partition coefficient (Wildman–Crippen LogP) is -3.24. The van der Waals surface area contributed by atoms with Gasteiger partial charge in [-0.05, 0) is 0 Å². The molecule has 4 heavy (non-hydrogen) atoms. The summed E-state index contributed by atoms with van der Waals surface area (Å²) in [5.74, 6) is 0. The van der Waals surface area contributed by atoms with Crippen molar-refractivity contribution in [1.29, 1.82) is 0 Å². The number of hydrogen-bond donors (Lipinski definition) is 0. The molecule has 0 unspecified atom stereocenters. The van der Waals surface area contributed by atoms with Gasteiger partial charge in [0, 0.05) is 0 Å². The molecule has 4 heteroatoms. The van der Waals surface area contributed by atoms with Crippen LogP contribution >= 0.6 is 0 Å². The van der Waals surface area contributed by atoms with Gasteiger partial charge in [0.15, 0.2) is 0 Å². The topological polar surface area (TPSA) is 57.0 Å². The number of hydrogen-bond acceptors (Lipinski definition) is 0. The van der Waals surface area contributed by atoms with Gasteiger partial charge in [-0.3, -0.25) is 0 Å². The zero-order chi connectivity index (χ0) is 0. The van der Waals surface area contributed by atoms with E-state index in [1.165, 1.54) is 0 Å². The first-order valence-electron chi connectivity index (χ1n) is 0. The van der Waals surface area contributed by atoms with E-state index in [9.17, 15) is 0 Å². The van der Waals surface area contributed by atoms with E-state index in [0.717, 1.165) is 0 Å². The van der Waals surface area contributed by atoms with Crippen molar-refractivity contribution in [2.75, 3.05) is 0 Å². The molecule has 16 valence electrons. The Balaban J connectivity index is 0. The van der Waals surface area contributed by atoms with E-state index < -0.39 is 0 Å². The molecular formula is KO2Ti+. The average molecular weight is 119 g/mol. The Morgan fingerprint density at radius 3 is 0.750 bits per heavy atom. The summed E-state index contributed by atoms with van der Waals surface area (Å²) in [4.78, 5) is 0. The van der Waals surface area contributed by atoms with Crippen LogP contribution in [0.2, 0.25) is 0 Å². The molecule has 0 aliphatic rings. The van der Waals surface area contributed by atoms with Crippen molar-refractivity contribution in [2.45, 2.75) is 0 Å². The minimum atomic E-state index is 0. The zero-order valence-electron chi connectivity index (χ0n) is 2.32. The van der Waals surface area contributed by atoms with Gasteiger partial charge >= 0.3 is 73.1 Å². The molecule has 0 aromatic carbocycles. The second kappa shape index (κ2) is 18.6.